The van der Waals surface area contributed by atoms with Crippen molar-refractivity contribution >= 4 is 0 Å². The maximum atomic E-state index is 8.90. The van der Waals surface area contributed by atoms with Crippen molar-refractivity contribution in [3.05, 3.63) is 0 Å². The molecule has 0 radical (unpaired) electrons. The Morgan fingerprint density at radius 1 is 1.62 bits per heavy atom. The first-order chi connectivity index (χ1) is 3.84. The Balaban J connectivity index is 2.45. The van der Waals surface area contributed by atoms with Crippen molar-refractivity contribution in [2.45, 2.75) is 6.10 Å². The molecule has 3 nitrogen and oxygen atoms in total. The molecular formula is C5H8N2O. The smallest absolute Gasteiger partial charge is 0.0859 e. The molecule has 3 heteroatoms. The van der Waals surface area contributed by atoms with E-state index in [9.17, 15) is 0 Å². The zero-order valence-corrected chi connectivity index (χ0v) is 4.46. The average molecular weight is 112 g/mol. The Morgan fingerprint density at radius 3 is 2.62 bits per heavy atom. The molecule has 1 aliphatic heterocycles. The number of hydrogen-bond acceptors (Lipinski definition) is 3. The number of nitrogens with zero attached hydrogens (tertiary/aromatic N) is 1. The molecule has 0 aromatic rings. The van der Waals surface area contributed by atoms with E-state index in [-0.39, 0.29) is 5.92 Å². The van der Waals surface area contributed by atoms with E-state index in [2.05, 4.69) is 5.32 Å². The van der Waals surface area contributed by atoms with Gasteiger partial charge in [0.2, 0.25) is 0 Å². The highest BCUT2D eigenvalue weighted by Crippen LogP contribution is 2.05. The topological polar surface area (TPSA) is 56.0 Å². The summed E-state index contributed by atoms with van der Waals surface area (Å²) in [4.78, 5) is 0. The van der Waals surface area contributed by atoms with Gasteiger partial charge in [-0.1, -0.05) is 0 Å². The lowest BCUT2D eigenvalue weighted by Crippen LogP contribution is -2.15. The van der Waals surface area contributed by atoms with Gasteiger partial charge in [0.25, 0.3) is 0 Å². The van der Waals surface area contributed by atoms with Crippen molar-refractivity contribution in [1.82, 2.24) is 5.32 Å². The van der Waals surface area contributed by atoms with Gasteiger partial charge in [-0.3, -0.25) is 0 Å². The Bertz CT molecular complexity index is 118. The predicted molar refractivity (Wildman–Crippen MR) is 28.0 cm³/mol. The Morgan fingerprint density at radius 2 is 2.38 bits per heavy atom. The third-order valence-electron chi connectivity index (χ3n) is 1.35. The number of aliphatic hydroxyl groups excluding tert-OH is 1. The summed E-state index contributed by atoms with van der Waals surface area (Å²) in [5.41, 5.74) is 0. The highest BCUT2D eigenvalue weighted by molar-refractivity contribution is 4.94. The monoisotopic (exact) mass is 112 g/mol. The molecule has 1 rings (SSSR count). The van der Waals surface area contributed by atoms with Gasteiger partial charge in [-0.2, -0.15) is 5.26 Å². The lowest BCUT2D eigenvalue weighted by Gasteiger charge is -1.99. The van der Waals surface area contributed by atoms with Crippen LogP contribution >= 0.6 is 0 Å². The van der Waals surface area contributed by atoms with Gasteiger partial charge in [-0.15, -0.1) is 0 Å². The van der Waals surface area contributed by atoms with Gasteiger partial charge in [0, 0.05) is 13.1 Å². The van der Waals surface area contributed by atoms with Crippen molar-refractivity contribution in [3.8, 4) is 6.07 Å². The summed E-state index contributed by atoms with van der Waals surface area (Å²) in [5.74, 6) is -0.185. The van der Waals surface area contributed by atoms with Crippen molar-refractivity contribution in [2.75, 3.05) is 13.1 Å². The molecule has 2 atom stereocenters. The van der Waals surface area contributed by atoms with Crippen LogP contribution in [0.1, 0.15) is 0 Å². The largest absolute Gasteiger partial charge is 0.390 e. The maximum Gasteiger partial charge on any atom is 0.0859 e. The average Bonchev–Trinajstić information content (AvgIpc) is 2.14. The second kappa shape index (κ2) is 2.12. The molecule has 0 spiro atoms. The minimum Gasteiger partial charge on any atom is -0.390 e. The van der Waals surface area contributed by atoms with Gasteiger partial charge < -0.3 is 10.4 Å². The summed E-state index contributed by atoms with van der Waals surface area (Å²) >= 11 is 0. The van der Waals surface area contributed by atoms with Crippen LogP contribution in [-0.2, 0) is 0 Å². The molecule has 1 fully saturated rings. The van der Waals surface area contributed by atoms with E-state index in [1.807, 2.05) is 6.07 Å². The molecule has 1 aliphatic rings. The molecule has 0 bridgehead atoms. The van der Waals surface area contributed by atoms with E-state index in [4.69, 9.17) is 10.4 Å². The zero-order chi connectivity index (χ0) is 5.98. The molecule has 0 aromatic heterocycles. The van der Waals surface area contributed by atoms with Crippen LogP contribution in [0.15, 0.2) is 0 Å². The molecule has 8 heavy (non-hydrogen) atoms. The molecular weight excluding hydrogens is 104 g/mol. The van der Waals surface area contributed by atoms with Crippen molar-refractivity contribution < 1.29 is 5.11 Å². The number of nitriles is 1. The minimum absolute atomic E-state index is 0.185. The fourth-order valence-corrected chi connectivity index (χ4v) is 0.797. The molecule has 0 saturated carbocycles. The summed E-state index contributed by atoms with van der Waals surface area (Å²) in [6, 6.07) is 2.00. The van der Waals surface area contributed by atoms with Crippen molar-refractivity contribution in [3.63, 3.8) is 0 Å². The fraction of sp³-hybridized carbons (Fsp3) is 0.800. The van der Waals surface area contributed by atoms with Crippen molar-refractivity contribution in [1.29, 1.82) is 5.26 Å². The van der Waals surface area contributed by atoms with E-state index in [1.165, 1.54) is 0 Å². The van der Waals surface area contributed by atoms with Crippen LogP contribution in [0.4, 0.5) is 0 Å². The van der Waals surface area contributed by atoms with Crippen LogP contribution in [0, 0.1) is 17.2 Å². The first-order valence-corrected chi connectivity index (χ1v) is 2.63. The Kier molecular flexibility index (Phi) is 1.47. The van der Waals surface area contributed by atoms with Crippen LogP contribution in [0.3, 0.4) is 0 Å². The van der Waals surface area contributed by atoms with E-state index < -0.39 is 6.10 Å². The van der Waals surface area contributed by atoms with Gasteiger partial charge in [0.1, 0.15) is 0 Å². The van der Waals surface area contributed by atoms with Crippen LogP contribution in [0.2, 0.25) is 0 Å². The van der Waals surface area contributed by atoms with Gasteiger partial charge in [0.05, 0.1) is 18.1 Å². The van der Waals surface area contributed by atoms with Crippen LogP contribution in [0.5, 0.6) is 0 Å². The molecule has 1 saturated heterocycles. The van der Waals surface area contributed by atoms with Crippen molar-refractivity contribution in [2.24, 2.45) is 5.92 Å². The SMILES string of the molecule is N#C[C@@H]1CNC[C@H]1O. The third kappa shape index (κ3) is 0.808. The van der Waals surface area contributed by atoms with Crippen LogP contribution in [-0.4, -0.2) is 24.3 Å². The summed E-state index contributed by atoms with van der Waals surface area (Å²) < 4.78 is 0. The number of nitrogens with one attached hydrogen (secondary N) is 1. The second-order valence-corrected chi connectivity index (χ2v) is 1.96. The van der Waals surface area contributed by atoms with E-state index >= 15 is 0 Å². The Hall–Kier alpha value is -0.590. The summed E-state index contributed by atoms with van der Waals surface area (Å²) in [7, 11) is 0. The molecule has 44 valence electrons. The summed E-state index contributed by atoms with van der Waals surface area (Å²) in [6.45, 7) is 1.20. The molecule has 2 N–H and O–H groups in total. The van der Waals surface area contributed by atoms with Gasteiger partial charge in [0.15, 0.2) is 0 Å². The predicted octanol–water partition coefficient (Wildman–Crippen LogP) is -0.910. The number of aliphatic hydroxyl groups is 1. The zero-order valence-electron chi connectivity index (χ0n) is 4.46. The maximum absolute atomic E-state index is 8.90. The minimum atomic E-state index is -0.444. The lowest BCUT2D eigenvalue weighted by molar-refractivity contribution is 0.170. The lowest BCUT2D eigenvalue weighted by atomic mass is 10.1. The van der Waals surface area contributed by atoms with E-state index in [0.29, 0.717) is 13.1 Å². The first kappa shape index (κ1) is 5.54. The molecule has 0 unspecified atom stereocenters. The summed E-state index contributed by atoms with van der Waals surface area (Å²) in [5, 5.41) is 20.1. The standard InChI is InChI=1S/C5H8N2O/c6-1-4-2-7-3-5(4)8/h4-5,7-8H,2-3H2/t4-,5-/m1/s1. The highest BCUT2D eigenvalue weighted by atomic mass is 16.3. The molecule has 0 aliphatic carbocycles. The Labute approximate surface area is 47.9 Å². The molecule has 0 amide bonds. The van der Waals surface area contributed by atoms with E-state index in [1.54, 1.807) is 0 Å². The molecule has 1 heterocycles. The van der Waals surface area contributed by atoms with Gasteiger partial charge in [-0.25, -0.2) is 0 Å². The normalized spacial score (nSPS) is 37.0. The van der Waals surface area contributed by atoms with Crippen LogP contribution < -0.4 is 5.32 Å². The van der Waals surface area contributed by atoms with Gasteiger partial charge >= 0.3 is 0 Å². The number of rotatable bonds is 0. The summed E-state index contributed by atoms with van der Waals surface area (Å²) in [6.07, 6.45) is -0.444. The van der Waals surface area contributed by atoms with E-state index in [0.717, 1.165) is 0 Å². The quantitative estimate of drug-likeness (QED) is 0.426. The fourth-order valence-electron chi connectivity index (χ4n) is 0.797. The number of hydrogen-bond donors (Lipinski definition) is 2. The van der Waals surface area contributed by atoms with Crippen LogP contribution in [0.25, 0.3) is 0 Å². The first-order valence-electron chi connectivity index (χ1n) is 2.63. The van der Waals surface area contributed by atoms with Gasteiger partial charge in [-0.05, 0) is 0 Å². The highest BCUT2D eigenvalue weighted by Gasteiger charge is 2.23. The second-order valence-electron chi connectivity index (χ2n) is 1.96. The molecule has 0 aromatic carbocycles. The third-order valence-corrected chi connectivity index (χ3v) is 1.35. The number of β-amino-alcohol motifs (C(OH)–C–C–N with tert-alkyl or cyclic N) is 1.